The van der Waals surface area contributed by atoms with E-state index >= 15 is 0 Å². The molecule has 0 saturated heterocycles. The molecule has 0 fully saturated rings. The number of hydrogen-bond donors (Lipinski definition) is 1. The quantitative estimate of drug-likeness (QED) is 0.669. The molecular formula is C7H11N3S. The van der Waals surface area contributed by atoms with Crippen molar-refractivity contribution in [3.63, 3.8) is 0 Å². The Labute approximate surface area is 70.0 Å². The van der Waals surface area contributed by atoms with Gasteiger partial charge in [-0.15, -0.1) is 0 Å². The van der Waals surface area contributed by atoms with Gasteiger partial charge in [-0.05, 0) is 6.07 Å². The largest absolute Gasteiger partial charge is 0.325 e. The highest BCUT2D eigenvalue weighted by Gasteiger charge is 2.10. The second-order valence-electron chi connectivity index (χ2n) is 2.61. The molecule has 2 heterocycles. The summed E-state index contributed by atoms with van der Waals surface area (Å²) in [5, 5.41) is 4.35. The summed E-state index contributed by atoms with van der Waals surface area (Å²) in [6, 6.07) is 2.10. The Balaban J connectivity index is 2.32. The van der Waals surface area contributed by atoms with Gasteiger partial charge in [-0.3, -0.25) is 4.68 Å². The monoisotopic (exact) mass is 169 g/mol. The van der Waals surface area contributed by atoms with Gasteiger partial charge in [-0.2, -0.15) is 16.9 Å². The van der Waals surface area contributed by atoms with Crippen LogP contribution >= 0.6 is 11.8 Å². The van der Waals surface area contributed by atoms with E-state index in [0.717, 1.165) is 18.0 Å². The van der Waals surface area contributed by atoms with E-state index < -0.39 is 0 Å². The smallest absolute Gasteiger partial charge is 0.0763 e. The van der Waals surface area contributed by atoms with Crippen molar-refractivity contribution in [3.8, 4) is 0 Å². The first kappa shape index (κ1) is 7.18. The van der Waals surface area contributed by atoms with Crippen LogP contribution in [0.1, 0.15) is 11.4 Å². The topological polar surface area (TPSA) is 43.8 Å². The normalized spacial score (nSPS) is 16.5. The Hall–Kier alpha value is -0.480. The number of thioether (sulfide) groups is 1. The van der Waals surface area contributed by atoms with Crippen molar-refractivity contribution in [2.24, 2.45) is 5.73 Å². The van der Waals surface area contributed by atoms with Gasteiger partial charge in [-0.1, -0.05) is 0 Å². The molecule has 3 nitrogen and oxygen atoms in total. The molecular weight excluding hydrogens is 158 g/mol. The van der Waals surface area contributed by atoms with Gasteiger partial charge in [0.15, 0.2) is 0 Å². The lowest BCUT2D eigenvalue weighted by Gasteiger charge is -2.11. The molecule has 0 bridgehead atoms. The summed E-state index contributed by atoms with van der Waals surface area (Å²) in [5.41, 5.74) is 7.82. The maximum atomic E-state index is 5.48. The Kier molecular flexibility index (Phi) is 1.87. The van der Waals surface area contributed by atoms with Gasteiger partial charge in [0.05, 0.1) is 12.2 Å². The van der Waals surface area contributed by atoms with E-state index in [1.807, 2.05) is 11.8 Å². The van der Waals surface area contributed by atoms with E-state index in [2.05, 4.69) is 15.8 Å². The fourth-order valence-corrected chi connectivity index (χ4v) is 2.14. The third-order valence-corrected chi connectivity index (χ3v) is 2.79. The molecule has 0 amide bonds. The second kappa shape index (κ2) is 2.87. The van der Waals surface area contributed by atoms with E-state index in [1.165, 1.54) is 11.4 Å². The molecule has 1 aliphatic rings. The van der Waals surface area contributed by atoms with Gasteiger partial charge >= 0.3 is 0 Å². The first-order valence-corrected chi connectivity index (χ1v) is 4.89. The van der Waals surface area contributed by atoms with Crippen molar-refractivity contribution in [1.29, 1.82) is 0 Å². The van der Waals surface area contributed by atoms with E-state index in [4.69, 9.17) is 5.73 Å². The molecule has 0 atom stereocenters. The average molecular weight is 169 g/mol. The molecule has 60 valence electrons. The van der Waals surface area contributed by atoms with Crippen molar-refractivity contribution < 1.29 is 0 Å². The maximum absolute atomic E-state index is 5.48. The zero-order chi connectivity index (χ0) is 7.68. The standard InChI is InChI=1S/C7H11N3S/c8-4-6-3-7-5-11-2-1-10(7)9-6/h3H,1-2,4-5,8H2. The van der Waals surface area contributed by atoms with Crippen molar-refractivity contribution in [3.05, 3.63) is 17.5 Å². The van der Waals surface area contributed by atoms with E-state index in [9.17, 15) is 0 Å². The number of aromatic nitrogens is 2. The predicted molar refractivity (Wildman–Crippen MR) is 46.3 cm³/mol. The average Bonchev–Trinajstić information content (AvgIpc) is 2.46. The van der Waals surface area contributed by atoms with Crippen LogP contribution in [0.15, 0.2) is 6.07 Å². The van der Waals surface area contributed by atoms with Gasteiger partial charge in [0.25, 0.3) is 0 Å². The van der Waals surface area contributed by atoms with E-state index in [1.54, 1.807) is 0 Å². The fourth-order valence-electron chi connectivity index (χ4n) is 1.25. The Morgan fingerprint density at radius 3 is 3.36 bits per heavy atom. The highest BCUT2D eigenvalue weighted by molar-refractivity contribution is 7.98. The van der Waals surface area contributed by atoms with Crippen molar-refractivity contribution in [2.75, 3.05) is 5.75 Å². The minimum atomic E-state index is 0.560. The summed E-state index contributed by atoms with van der Waals surface area (Å²) in [6.07, 6.45) is 0. The molecule has 0 aromatic carbocycles. The summed E-state index contributed by atoms with van der Waals surface area (Å²) >= 11 is 1.96. The molecule has 1 aromatic heterocycles. The zero-order valence-corrected chi connectivity index (χ0v) is 7.10. The predicted octanol–water partition coefficient (Wildman–Crippen LogP) is 0.589. The highest BCUT2D eigenvalue weighted by Crippen LogP contribution is 2.19. The first-order chi connectivity index (χ1) is 5.40. The molecule has 11 heavy (non-hydrogen) atoms. The first-order valence-electron chi connectivity index (χ1n) is 3.73. The van der Waals surface area contributed by atoms with Crippen LogP contribution in [0.25, 0.3) is 0 Å². The van der Waals surface area contributed by atoms with Gasteiger partial charge < -0.3 is 5.73 Å². The fraction of sp³-hybridized carbons (Fsp3) is 0.571. The van der Waals surface area contributed by atoms with Crippen LogP contribution in [0.5, 0.6) is 0 Å². The molecule has 1 aromatic rings. The molecule has 2 N–H and O–H groups in total. The molecule has 0 aliphatic carbocycles. The minimum absolute atomic E-state index is 0.560. The molecule has 2 rings (SSSR count). The van der Waals surface area contributed by atoms with E-state index in [-0.39, 0.29) is 0 Å². The molecule has 0 spiro atoms. The van der Waals surface area contributed by atoms with Crippen LogP contribution in [0.2, 0.25) is 0 Å². The molecule has 0 unspecified atom stereocenters. The van der Waals surface area contributed by atoms with Gasteiger partial charge in [-0.25, -0.2) is 0 Å². The minimum Gasteiger partial charge on any atom is -0.325 e. The van der Waals surface area contributed by atoms with Crippen LogP contribution in [0.4, 0.5) is 0 Å². The highest BCUT2D eigenvalue weighted by atomic mass is 32.2. The Morgan fingerprint density at radius 2 is 2.64 bits per heavy atom. The summed E-state index contributed by atoms with van der Waals surface area (Å²) in [7, 11) is 0. The SMILES string of the molecule is NCc1cc2n(n1)CCSC2. The van der Waals surface area contributed by atoms with E-state index in [0.29, 0.717) is 6.54 Å². The van der Waals surface area contributed by atoms with Crippen LogP contribution in [-0.4, -0.2) is 15.5 Å². The van der Waals surface area contributed by atoms with Crippen LogP contribution in [0, 0.1) is 0 Å². The maximum Gasteiger partial charge on any atom is 0.0763 e. The Morgan fingerprint density at radius 1 is 1.73 bits per heavy atom. The lowest BCUT2D eigenvalue weighted by Crippen LogP contribution is -2.11. The number of fused-ring (bicyclic) bond motifs is 1. The summed E-state index contributed by atoms with van der Waals surface area (Å²) < 4.78 is 2.07. The summed E-state index contributed by atoms with van der Waals surface area (Å²) in [5.74, 6) is 2.27. The van der Waals surface area contributed by atoms with Gasteiger partial charge in [0.2, 0.25) is 0 Å². The number of hydrogen-bond acceptors (Lipinski definition) is 3. The molecule has 0 saturated carbocycles. The molecule has 1 aliphatic heterocycles. The zero-order valence-electron chi connectivity index (χ0n) is 6.29. The number of nitrogens with zero attached hydrogens (tertiary/aromatic N) is 2. The van der Waals surface area contributed by atoms with Crippen molar-refractivity contribution in [2.45, 2.75) is 18.8 Å². The Bertz CT molecular complexity index is 233. The van der Waals surface area contributed by atoms with Crippen LogP contribution in [-0.2, 0) is 18.8 Å². The third-order valence-electron chi connectivity index (χ3n) is 1.82. The van der Waals surface area contributed by atoms with Gasteiger partial charge in [0, 0.05) is 23.7 Å². The van der Waals surface area contributed by atoms with Crippen LogP contribution in [0.3, 0.4) is 0 Å². The summed E-state index contributed by atoms with van der Waals surface area (Å²) in [6.45, 7) is 1.60. The summed E-state index contributed by atoms with van der Waals surface area (Å²) in [4.78, 5) is 0. The second-order valence-corrected chi connectivity index (χ2v) is 3.71. The lowest BCUT2D eigenvalue weighted by molar-refractivity contribution is 0.623. The number of rotatable bonds is 1. The van der Waals surface area contributed by atoms with Crippen molar-refractivity contribution in [1.82, 2.24) is 9.78 Å². The third kappa shape index (κ3) is 1.28. The van der Waals surface area contributed by atoms with Crippen molar-refractivity contribution >= 4 is 11.8 Å². The number of aryl methyl sites for hydroxylation is 1. The lowest BCUT2D eigenvalue weighted by atomic mass is 10.4. The molecule has 4 heteroatoms. The molecule has 0 radical (unpaired) electrons. The van der Waals surface area contributed by atoms with Crippen LogP contribution < -0.4 is 5.73 Å². The number of nitrogens with two attached hydrogens (primary N) is 1. The van der Waals surface area contributed by atoms with Gasteiger partial charge in [0.1, 0.15) is 0 Å².